The molecule has 21 heavy (non-hydrogen) atoms. The van der Waals surface area contributed by atoms with Crippen molar-refractivity contribution in [2.75, 3.05) is 0 Å². The summed E-state index contributed by atoms with van der Waals surface area (Å²) in [5.41, 5.74) is 0.947. The smallest absolute Gasteiger partial charge is 0.238 e. The van der Waals surface area contributed by atoms with Gasteiger partial charge in [-0.15, -0.1) is 18.2 Å². The molecule has 0 saturated carbocycles. The van der Waals surface area contributed by atoms with E-state index >= 15 is 0 Å². The molecule has 1 amide bonds. The van der Waals surface area contributed by atoms with Gasteiger partial charge in [-0.3, -0.25) is 4.79 Å². The minimum absolute atomic E-state index is 0.0865. The third-order valence-corrected chi connectivity index (χ3v) is 6.74. The first-order chi connectivity index (χ1) is 9.86. The maximum Gasteiger partial charge on any atom is 0.238 e. The Labute approximate surface area is 153 Å². The van der Waals surface area contributed by atoms with Crippen molar-refractivity contribution in [1.29, 1.82) is 0 Å². The lowest BCUT2D eigenvalue weighted by Gasteiger charge is -2.26. The van der Waals surface area contributed by atoms with Crippen LogP contribution in [0, 0.1) is 18.3 Å². The molecule has 0 spiro atoms. The summed E-state index contributed by atoms with van der Waals surface area (Å²) in [7, 11) is 0. The van der Waals surface area contributed by atoms with Gasteiger partial charge in [0.2, 0.25) is 5.91 Å². The Kier molecular flexibility index (Phi) is 5.75. The topological polar surface area (TPSA) is 20.3 Å². The Hall–Kier alpha value is -0.0900. The fraction of sp³-hybridized carbons (Fsp3) is 0.400. The maximum absolute atomic E-state index is 12.6. The molecule has 6 heteroatoms. The number of terminal acetylenes is 1. The molecule has 1 aliphatic rings. The van der Waals surface area contributed by atoms with Crippen LogP contribution in [0.4, 0.5) is 0 Å². The highest BCUT2D eigenvalue weighted by atomic mass is 127. The average Bonchev–Trinajstić information content (AvgIpc) is 2.79. The van der Waals surface area contributed by atoms with E-state index in [2.05, 4.69) is 28.5 Å². The summed E-state index contributed by atoms with van der Waals surface area (Å²) in [5, 5.41) is 0.776. The van der Waals surface area contributed by atoms with Crippen LogP contribution in [0.1, 0.15) is 24.8 Å². The van der Waals surface area contributed by atoms with Crippen LogP contribution < -0.4 is 0 Å². The van der Waals surface area contributed by atoms with Gasteiger partial charge in [0.15, 0.2) is 0 Å². The summed E-state index contributed by atoms with van der Waals surface area (Å²) in [6.45, 7) is 4.09. The quantitative estimate of drug-likeness (QED) is 0.278. The number of thioether (sulfide) groups is 1. The number of nitrogens with zero attached hydrogens (tertiary/aromatic N) is 1. The van der Waals surface area contributed by atoms with Gasteiger partial charge in [0.1, 0.15) is 9.42 Å². The van der Waals surface area contributed by atoms with E-state index in [0.29, 0.717) is 10.0 Å². The number of halogens is 3. The van der Waals surface area contributed by atoms with Gasteiger partial charge in [-0.05, 0) is 46.2 Å². The largest absolute Gasteiger partial charge is 0.303 e. The van der Waals surface area contributed by atoms with E-state index < -0.39 is 0 Å². The Balaban J connectivity index is 2.41. The molecular formula is C15H14Cl2INOS. The zero-order valence-corrected chi connectivity index (χ0v) is 16.0. The van der Waals surface area contributed by atoms with E-state index in [9.17, 15) is 4.79 Å². The molecule has 0 aliphatic carbocycles. The van der Waals surface area contributed by atoms with Gasteiger partial charge >= 0.3 is 0 Å². The van der Waals surface area contributed by atoms with Crippen molar-refractivity contribution in [1.82, 2.24) is 4.90 Å². The zero-order chi connectivity index (χ0) is 15.7. The van der Waals surface area contributed by atoms with Crippen molar-refractivity contribution in [2.45, 2.75) is 28.5 Å². The van der Waals surface area contributed by atoms with E-state index in [0.717, 1.165) is 5.56 Å². The summed E-state index contributed by atoms with van der Waals surface area (Å²) in [4.78, 5) is 14.4. The van der Waals surface area contributed by atoms with E-state index in [-0.39, 0.29) is 26.5 Å². The van der Waals surface area contributed by atoms with Gasteiger partial charge in [0.05, 0.1) is 15.3 Å². The molecule has 1 heterocycles. The molecule has 0 N–H and O–H groups in total. The second-order valence-electron chi connectivity index (χ2n) is 5.07. The minimum atomic E-state index is -0.286. The van der Waals surface area contributed by atoms with Gasteiger partial charge in [-0.1, -0.05) is 49.0 Å². The molecule has 1 fully saturated rings. The summed E-state index contributed by atoms with van der Waals surface area (Å²) in [6.07, 6.45) is 5.52. The number of carbonyl (C=O) groups is 1. The average molecular weight is 454 g/mol. The minimum Gasteiger partial charge on any atom is -0.303 e. The summed E-state index contributed by atoms with van der Waals surface area (Å²) < 4.78 is -0.286. The second-order valence-corrected chi connectivity index (χ2v) is 8.30. The first-order valence-corrected chi connectivity index (χ1v) is 9.34. The highest BCUT2D eigenvalue weighted by Crippen LogP contribution is 2.48. The molecule has 0 radical (unpaired) electrons. The van der Waals surface area contributed by atoms with Crippen molar-refractivity contribution in [2.24, 2.45) is 5.92 Å². The third-order valence-electron chi connectivity index (χ3n) is 3.24. The lowest BCUT2D eigenvalue weighted by atomic mass is 10.1. The van der Waals surface area contributed by atoms with Crippen LogP contribution in [-0.4, -0.2) is 20.1 Å². The molecule has 1 aromatic rings. The molecule has 2 rings (SSSR count). The molecule has 2 nitrogen and oxygen atoms in total. The second kappa shape index (κ2) is 6.99. The normalized spacial score (nSPS) is 23.5. The van der Waals surface area contributed by atoms with Crippen molar-refractivity contribution in [3.05, 3.63) is 33.8 Å². The van der Waals surface area contributed by atoms with Crippen LogP contribution in [0.3, 0.4) is 0 Å². The zero-order valence-electron chi connectivity index (χ0n) is 11.5. The summed E-state index contributed by atoms with van der Waals surface area (Å²) in [5.74, 6) is 2.98. The van der Waals surface area contributed by atoms with Crippen LogP contribution in [-0.2, 0) is 4.79 Å². The van der Waals surface area contributed by atoms with Crippen LogP contribution in [0.2, 0.25) is 10.0 Å². The van der Waals surface area contributed by atoms with Gasteiger partial charge < -0.3 is 4.90 Å². The lowest BCUT2D eigenvalue weighted by Crippen LogP contribution is -2.37. The highest BCUT2D eigenvalue weighted by Gasteiger charge is 2.44. The van der Waals surface area contributed by atoms with Crippen molar-refractivity contribution >= 4 is 63.5 Å². The molecule has 3 unspecified atom stereocenters. The fourth-order valence-corrected chi connectivity index (χ4v) is 4.79. The molecule has 0 aromatic heterocycles. The molecule has 3 atom stereocenters. The van der Waals surface area contributed by atoms with E-state index in [1.54, 1.807) is 22.7 Å². The monoisotopic (exact) mass is 453 g/mol. The summed E-state index contributed by atoms with van der Waals surface area (Å²) >= 11 is 15.8. The Morgan fingerprint density at radius 3 is 2.57 bits per heavy atom. The van der Waals surface area contributed by atoms with Crippen molar-refractivity contribution in [3.63, 3.8) is 0 Å². The first-order valence-electron chi connectivity index (χ1n) is 6.39. The number of alkyl halides is 1. The van der Waals surface area contributed by atoms with Gasteiger partial charge in [0.25, 0.3) is 0 Å². The predicted octanol–water partition coefficient (Wildman–Crippen LogP) is 4.99. The fourth-order valence-electron chi connectivity index (χ4n) is 2.18. The van der Waals surface area contributed by atoms with E-state index in [1.165, 1.54) is 0 Å². The van der Waals surface area contributed by atoms with Crippen LogP contribution >= 0.6 is 57.6 Å². The highest BCUT2D eigenvalue weighted by molar-refractivity contribution is 14.1. The van der Waals surface area contributed by atoms with Gasteiger partial charge in [-0.2, -0.15) is 0 Å². The lowest BCUT2D eigenvalue weighted by molar-refractivity contribution is -0.130. The number of carbonyl (C=O) groups excluding carboxylic acids is 1. The van der Waals surface area contributed by atoms with Crippen molar-refractivity contribution < 1.29 is 4.79 Å². The molecule has 0 bridgehead atoms. The van der Waals surface area contributed by atoms with Crippen LogP contribution in [0.5, 0.6) is 0 Å². The molecule has 1 aliphatic heterocycles. The van der Waals surface area contributed by atoms with Gasteiger partial charge in [0, 0.05) is 0 Å². The summed E-state index contributed by atoms with van der Waals surface area (Å²) in [6, 6.07) is 5.46. The first kappa shape index (κ1) is 17.3. The Morgan fingerprint density at radius 2 is 2.05 bits per heavy atom. The number of benzene rings is 1. The van der Waals surface area contributed by atoms with Crippen molar-refractivity contribution in [3.8, 4) is 12.3 Å². The Bertz CT molecular complexity index is 602. The van der Waals surface area contributed by atoms with Gasteiger partial charge in [-0.25, -0.2) is 0 Å². The number of rotatable bonds is 3. The number of hydrogen-bond acceptors (Lipinski definition) is 2. The maximum atomic E-state index is 12.6. The standard InChI is InChI=1S/C15H14Cl2INOS/c1-4-12(18)19-14(20)13(8(2)3)21-15(19)9-5-6-10(16)11(17)7-9/h1,5-8,12-13,15H,2-3H3. The van der Waals surface area contributed by atoms with E-state index in [1.807, 2.05) is 26.0 Å². The third kappa shape index (κ3) is 3.47. The predicted molar refractivity (Wildman–Crippen MR) is 98.9 cm³/mol. The molecule has 1 saturated heterocycles. The van der Waals surface area contributed by atoms with Crippen LogP contribution in [0.25, 0.3) is 0 Å². The Morgan fingerprint density at radius 1 is 1.38 bits per heavy atom. The molecule has 1 aromatic carbocycles. The van der Waals surface area contributed by atoms with E-state index in [4.69, 9.17) is 29.6 Å². The number of amides is 1. The molecule has 112 valence electrons. The number of hydrogen-bond donors (Lipinski definition) is 0. The molecular weight excluding hydrogens is 440 g/mol. The van der Waals surface area contributed by atoms with Crippen LogP contribution in [0.15, 0.2) is 18.2 Å². The SMILES string of the molecule is C#CC(I)N1C(=O)C(C(C)C)SC1c1ccc(Cl)c(Cl)c1.